The third-order valence-electron chi connectivity index (χ3n) is 3.79. The molecular weight excluding hydrogens is 320 g/mol. The normalized spacial score (nSPS) is 15.3. The van der Waals surface area contributed by atoms with Crippen molar-refractivity contribution in [1.82, 2.24) is 0 Å². The Bertz CT molecular complexity index is 453. The zero-order chi connectivity index (χ0) is 14.4. The number of ether oxygens (including phenoxy) is 2. The van der Waals surface area contributed by atoms with Crippen molar-refractivity contribution >= 4 is 21.9 Å². The summed E-state index contributed by atoms with van der Waals surface area (Å²) in [6.07, 6.45) is 6.34. The second-order valence-electron chi connectivity index (χ2n) is 5.30. The van der Waals surface area contributed by atoms with E-state index in [2.05, 4.69) is 20.7 Å². The number of aryl methyl sites for hydroxylation is 1. The van der Waals surface area contributed by atoms with Crippen LogP contribution in [0.1, 0.15) is 37.7 Å². The smallest absolute Gasteiger partial charge is 0.305 e. The summed E-state index contributed by atoms with van der Waals surface area (Å²) in [5, 5.41) is 0. The van der Waals surface area contributed by atoms with Crippen molar-refractivity contribution in [2.75, 3.05) is 13.7 Å². The lowest BCUT2D eigenvalue weighted by Crippen LogP contribution is -2.08. The second-order valence-corrected chi connectivity index (χ2v) is 6.16. The van der Waals surface area contributed by atoms with E-state index in [0.29, 0.717) is 18.8 Å². The van der Waals surface area contributed by atoms with Crippen molar-refractivity contribution in [3.63, 3.8) is 0 Å². The van der Waals surface area contributed by atoms with E-state index >= 15 is 0 Å². The lowest BCUT2D eigenvalue weighted by Gasteiger charge is -2.13. The molecule has 1 saturated carbocycles. The van der Waals surface area contributed by atoms with E-state index < -0.39 is 0 Å². The molecular formula is C16H21BrO3. The van der Waals surface area contributed by atoms with Crippen LogP contribution in [0.4, 0.5) is 0 Å². The standard InChI is InChI=1S/C16H21BrO3/c1-19-16(18)9-7-12-6-8-15(14(17)10-12)20-11-13-4-2-3-5-13/h6,8,10,13H,2-5,7,9,11H2,1H3. The quantitative estimate of drug-likeness (QED) is 0.730. The first-order chi connectivity index (χ1) is 9.69. The van der Waals surface area contributed by atoms with Crippen LogP contribution < -0.4 is 4.74 Å². The highest BCUT2D eigenvalue weighted by molar-refractivity contribution is 9.10. The molecule has 0 bridgehead atoms. The van der Waals surface area contributed by atoms with Crippen LogP contribution in [0.25, 0.3) is 0 Å². The number of benzene rings is 1. The highest BCUT2D eigenvalue weighted by Gasteiger charge is 2.16. The second kappa shape index (κ2) is 7.67. The van der Waals surface area contributed by atoms with Gasteiger partial charge in [-0.25, -0.2) is 0 Å². The summed E-state index contributed by atoms with van der Waals surface area (Å²) in [6, 6.07) is 6.01. The maximum atomic E-state index is 11.1. The first-order valence-corrected chi connectivity index (χ1v) is 7.96. The molecule has 1 aromatic carbocycles. The van der Waals surface area contributed by atoms with Gasteiger partial charge in [-0.05, 0) is 58.8 Å². The van der Waals surface area contributed by atoms with Crippen molar-refractivity contribution < 1.29 is 14.3 Å². The van der Waals surface area contributed by atoms with Crippen molar-refractivity contribution in [3.8, 4) is 5.75 Å². The van der Waals surface area contributed by atoms with Gasteiger partial charge in [0.2, 0.25) is 0 Å². The maximum absolute atomic E-state index is 11.1. The third-order valence-corrected chi connectivity index (χ3v) is 4.41. The molecule has 0 spiro atoms. The van der Waals surface area contributed by atoms with Crippen LogP contribution in [0.2, 0.25) is 0 Å². The molecule has 0 atom stereocenters. The van der Waals surface area contributed by atoms with E-state index in [4.69, 9.17) is 4.74 Å². The van der Waals surface area contributed by atoms with E-state index in [1.165, 1.54) is 32.8 Å². The Morgan fingerprint density at radius 1 is 1.35 bits per heavy atom. The number of carbonyl (C=O) groups excluding carboxylic acids is 1. The first kappa shape index (κ1) is 15.4. The first-order valence-electron chi connectivity index (χ1n) is 7.17. The molecule has 0 aliphatic heterocycles. The molecule has 0 amide bonds. The van der Waals surface area contributed by atoms with Crippen LogP contribution in [0.15, 0.2) is 22.7 Å². The number of hydrogen-bond acceptors (Lipinski definition) is 3. The summed E-state index contributed by atoms with van der Waals surface area (Å²) >= 11 is 3.54. The minimum absolute atomic E-state index is 0.178. The molecule has 20 heavy (non-hydrogen) atoms. The largest absolute Gasteiger partial charge is 0.492 e. The summed E-state index contributed by atoms with van der Waals surface area (Å²) in [6.45, 7) is 0.806. The van der Waals surface area contributed by atoms with Gasteiger partial charge in [-0.3, -0.25) is 4.79 Å². The van der Waals surface area contributed by atoms with Crippen molar-refractivity contribution in [2.45, 2.75) is 38.5 Å². The molecule has 0 aromatic heterocycles. The van der Waals surface area contributed by atoms with Gasteiger partial charge in [-0.2, -0.15) is 0 Å². The SMILES string of the molecule is COC(=O)CCc1ccc(OCC2CCCC2)c(Br)c1. The topological polar surface area (TPSA) is 35.5 Å². The zero-order valence-electron chi connectivity index (χ0n) is 11.9. The van der Waals surface area contributed by atoms with Gasteiger partial charge < -0.3 is 9.47 Å². The molecule has 0 heterocycles. The average molecular weight is 341 g/mol. The molecule has 0 saturated heterocycles. The fourth-order valence-corrected chi connectivity index (χ4v) is 3.09. The van der Waals surface area contributed by atoms with Crippen LogP contribution in [0.5, 0.6) is 5.75 Å². The summed E-state index contributed by atoms with van der Waals surface area (Å²) in [5.41, 5.74) is 1.11. The van der Waals surface area contributed by atoms with E-state index in [-0.39, 0.29) is 5.97 Å². The predicted octanol–water partition coefficient (Wildman–Crippen LogP) is 4.12. The molecule has 110 valence electrons. The van der Waals surface area contributed by atoms with Gasteiger partial charge in [0.1, 0.15) is 5.75 Å². The average Bonchev–Trinajstić information content (AvgIpc) is 2.97. The lowest BCUT2D eigenvalue weighted by molar-refractivity contribution is -0.140. The molecule has 0 radical (unpaired) electrons. The van der Waals surface area contributed by atoms with Crippen molar-refractivity contribution in [2.24, 2.45) is 5.92 Å². The van der Waals surface area contributed by atoms with Crippen molar-refractivity contribution in [1.29, 1.82) is 0 Å². The van der Waals surface area contributed by atoms with Gasteiger partial charge in [-0.1, -0.05) is 18.9 Å². The number of esters is 1. The van der Waals surface area contributed by atoms with Gasteiger partial charge in [0, 0.05) is 6.42 Å². The van der Waals surface area contributed by atoms with Gasteiger partial charge in [0.05, 0.1) is 18.2 Å². The molecule has 4 heteroatoms. The van der Waals surface area contributed by atoms with Gasteiger partial charge >= 0.3 is 5.97 Å². The minimum atomic E-state index is -0.178. The summed E-state index contributed by atoms with van der Waals surface area (Å²) in [4.78, 5) is 11.1. The molecule has 3 nitrogen and oxygen atoms in total. The van der Waals surface area contributed by atoms with Crippen LogP contribution in [0, 0.1) is 5.92 Å². The number of carbonyl (C=O) groups is 1. The van der Waals surface area contributed by atoms with E-state index in [0.717, 1.165) is 22.4 Å². The van der Waals surface area contributed by atoms with Crippen LogP contribution >= 0.6 is 15.9 Å². The Hall–Kier alpha value is -1.03. The number of halogens is 1. The Morgan fingerprint density at radius 2 is 2.10 bits per heavy atom. The van der Waals surface area contributed by atoms with Gasteiger partial charge in [-0.15, -0.1) is 0 Å². The molecule has 0 N–H and O–H groups in total. The van der Waals surface area contributed by atoms with Crippen LogP contribution in [0.3, 0.4) is 0 Å². The highest BCUT2D eigenvalue weighted by Crippen LogP contribution is 2.30. The summed E-state index contributed by atoms with van der Waals surface area (Å²) in [5.74, 6) is 1.42. The number of rotatable bonds is 6. The fraction of sp³-hybridized carbons (Fsp3) is 0.562. The Labute approximate surface area is 128 Å². The minimum Gasteiger partial charge on any atom is -0.492 e. The summed E-state index contributed by atoms with van der Waals surface area (Å²) in [7, 11) is 1.41. The number of hydrogen-bond donors (Lipinski definition) is 0. The van der Waals surface area contributed by atoms with Gasteiger partial charge in [0.15, 0.2) is 0 Å². The van der Waals surface area contributed by atoms with E-state index in [1.54, 1.807) is 0 Å². The third kappa shape index (κ3) is 4.51. The zero-order valence-corrected chi connectivity index (χ0v) is 13.4. The predicted molar refractivity (Wildman–Crippen MR) is 81.9 cm³/mol. The van der Waals surface area contributed by atoms with E-state index in [9.17, 15) is 4.79 Å². The van der Waals surface area contributed by atoms with Gasteiger partial charge in [0.25, 0.3) is 0 Å². The lowest BCUT2D eigenvalue weighted by atomic mass is 10.1. The molecule has 1 aliphatic carbocycles. The number of methoxy groups -OCH3 is 1. The van der Waals surface area contributed by atoms with Crippen LogP contribution in [-0.4, -0.2) is 19.7 Å². The van der Waals surface area contributed by atoms with Crippen LogP contribution in [-0.2, 0) is 16.0 Å². The molecule has 1 fully saturated rings. The molecule has 2 rings (SSSR count). The Kier molecular flexibility index (Phi) is 5.89. The molecule has 1 aliphatic rings. The summed E-state index contributed by atoms with van der Waals surface area (Å²) < 4.78 is 11.5. The Balaban J connectivity index is 1.86. The van der Waals surface area contributed by atoms with Crippen molar-refractivity contribution in [3.05, 3.63) is 28.2 Å². The maximum Gasteiger partial charge on any atom is 0.305 e. The highest BCUT2D eigenvalue weighted by atomic mass is 79.9. The Morgan fingerprint density at radius 3 is 2.75 bits per heavy atom. The molecule has 0 unspecified atom stereocenters. The monoisotopic (exact) mass is 340 g/mol. The van der Waals surface area contributed by atoms with E-state index in [1.807, 2.05) is 18.2 Å². The fourth-order valence-electron chi connectivity index (χ4n) is 2.55. The molecule has 1 aromatic rings.